The first kappa shape index (κ1) is 18.5. The number of hydrogen-bond acceptors (Lipinski definition) is 6. The summed E-state index contributed by atoms with van der Waals surface area (Å²) in [5.74, 6) is -0.145. The molecule has 0 aliphatic carbocycles. The molecule has 2 heterocycles. The summed E-state index contributed by atoms with van der Waals surface area (Å²) in [6, 6.07) is 9.95. The van der Waals surface area contributed by atoms with Crippen LogP contribution in [0.4, 0.5) is 5.13 Å². The van der Waals surface area contributed by atoms with Crippen LogP contribution in [-0.2, 0) is 16.0 Å². The van der Waals surface area contributed by atoms with Gasteiger partial charge in [0.2, 0.25) is 5.91 Å². The number of anilines is 1. The van der Waals surface area contributed by atoms with E-state index < -0.39 is 0 Å². The van der Waals surface area contributed by atoms with E-state index in [9.17, 15) is 4.79 Å². The van der Waals surface area contributed by atoms with Crippen LogP contribution in [0.15, 0.2) is 40.8 Å². The molecule has 1 N–H and O–H groups in total. The van der Waals surface area contributed by atoms with E-state index in [0.717, 1.165) is 61.2 Å². The topological polar surface area (TPSA) is 66.8 Å². The molecule has 1 amide bonds. The van der Waals surface area contributed by atoms with Crippen molar-refractivity contribution in [3.05, 3.63) is 47.0 Å². The molecule has 0 atom stereocenters. The number of hydrazone groups is 1. The van der Waals surface area contributed by atoms with Crippen molar-refractivity contribution in [3.8, 4) is 0 Å². The number of amides is 1. The van der Waals surface area contributed by atoms with Crippen LogP contribution in [0.2, 0.25) is 0 Å². The zero-order chi connectivity index (χ0) is 18.2. The lowest BCUT2D eigenvalue weighted by Crippen LogP contribution is -2.36. The van der Waals surface area contributed by atoms with E-state index in [2.05, 4.69) is 27.3 Å². The summed E-state index contributed by atoms with van der Waals surface area (Å²) in [6.07, 6.45) is 2.03. The predicted molar refractivity (Wildman–Crippen MR) is 105 cm³/mol. The molecule has 26 heavy (non-hydrogen) atoms. The van der Waals surface area contributed by atoms with Gasteiger partial charge in [-0.1, -0.05) is 43.7 Å². The Kier molecular flexibility index (Phi) is 6.74. The predicted octanol–water partition coefficient (Wildman–Crippen LogP) is 2.84. The fourth-order valence-corrected chi connectivity index (χ4v) is 3.62. The molecule has 1 aromatic heterocycles. The van der Waals surface area contributed by atoms with Gasteiger partial charge in [-0.25, -0.2) is 10.4 Å². The molecule has 2 aromatic rings. The molecule has 0 bridgehead atoms. The molecule has 1 saturated heterocycles. The second kappa shape index (κ2) is 9.45. The first-order chi connectivity index (χ1) is 12.8. The Hall–Kier alpha value is -2.25. The number of thiazole rings is 1. The third-order valence-electron chi connectivity index (χ3n) is 4.07. The van der Waals surface area contributed by atoms with E-state index >= 15 is 0 Å². The smallest absolute Gasteiger partial charge is 0.246 e. The van der Waals surface area contributed by atoms with Crippen LogP contribution < -0.4 is 10.3 Å². The van der Waals surface area contributed by atoms with Gasteiger partial charge in [-0.05, 0) is 12.0 Å². The minimum Gasteiger partial charge on any atom is -0.378 e. The summed E-state index contributed by atoms with van der Waals surface area (Å²) in [5, 5.41) is 7.24. The minimum atomic E-state index is -0.145. The lowest BCUT2D eigenvalue weighted by Gasteiger charge is -2.26. The number of nitrogens with one attached hydrogen (secondary N) is 1. The van der Waals surface area contributed by atoms with Gasteiger partial charge in [0.05, 0.1) is 31.0 Å². The van der Waals surface area contributed by atoms with Gasteiger partial charge in [-0.15, -0.1) is 11.3 Å². The van der Waals surface area contributed by atoms with Gasteiger partial charge in [0, 0.05) is 18.5 Å². The Labute approximate surface area is 157 Å². The molecule has 3 rings (SSSR count). The number of morpholine rings is 1. The van der Waals surface area contributed by atoms with Gasteiger partial charge < -0.3 is 9.64 Å². The van der Waals surface area contributed by atoms with Gasteiger partial charge in [-0.3, -0.25) is 4.79 Å². The molecule has 7 heteroatoms. The lowest BCUT2D eigenvalue weighted by molar-refractivity contribution is -0.120. The summed E-state index contributed by atoms with van der Waals surface area (Å²) in [4.78, 5) is 19.0. The lowest BCUT2D eigenvalue weighted by atomic mass is 10.1. The first-order valence-electron chi connectivity index (χ1n) is 8.94. The Morgan fingerprint density at radius 1 is 1.31 bits per heavy atom. The normalized spacial score (nSPS) is 15.1. The number of ether oxygens (including phenoxy) is 1. The number of carbonyl (C=O) groups is 1. The molecule has 0 unspecified atom stereocenters. The molecule has 0 saturated carbocycles. The van der Waals surface area contributed by atoms with Crippen molar-refractivity contribution in [2.75, 3.05) is 31.2 Å². The van der Waals surface area contributed by atoms with Gasteiger partial charge in [0.15, 0.2) is 5.13 Å². The van der Waals surface area contributed by atoms with E-state index in [-0.39, 0.29) is 12.3 Å². The van der Waals surface area contributed by atoms with Crippen molar-refractivity contribution in [1.82, 2.24) is 10.4 Å². The highest BCUT2D eigenvalue weighted by Gasteiger charge is 2.15. The summed E-state index contributed by atoms with van der Waals surface area (Å²) in [6.45, 7) is 5.25. The third kappa shape index (κ3) is 5.12. The van der Waals surface area contributed by atoms with Crippen LogP contribution in [0, 0.1) is 0 Å². The molecule has 6 nitrogen and oxygen atoms in total. The highest BCUT2D eigenvalue weighted by Crippen LogP contribution is 2.21. The molecule has 1 aliphatic heterocycles. The van der Waals surface area contributed by atoms with E-state index in [0.29, 0.717) is 0 Å². The summed E-state index contributed by atoms with van der Waals surface area (Å²) < 4.78 is 5.36. The Balaban J connectivity index is 1.58. The van der Waals surface area contributed by atoms with Crippen molar-refractivity contribution in [2.24, 2.45) is 5.10 Å². The Morgan fingerprint density at radius 3 is 2.81 bits per heavy atom. The quantitative estimate of drug-likeness (QED) is 0.599. The maximum absolute atomic E-state index is 12.3. The van der Waals surface area contributed by atoms with E-state index in [4.69, 9.17) is 4.74 Å². The summed E-state index contributed by atoms with van der Waals surface area (Å²) in [7, 11) is 0. The number of benzene rings is 1. The minimum absolute atomic E-state index is 0.145. The molecule has 0 spiro atoms. The van der Waals surface area contributed by atoms with Crippen LogP contribution in [0.1, 0.15) is 31.0 Å². The van der Waals surface area contributed by atoms with Crippen LogP contribution >= 0.6 is 11.3 Å². The summed E-state index contributed by atoms with van der Waals surface area (Å²) >= 11 is 1.57. The van der Waals surface area contributed by atoms with Crippen LogP contribution in [0.5, 0.6) is 0 Å². The molecule has 0 radical (unpaired) electrons. The van der Waals surface area contributed by atoms with E-state index in [1.807, 2.05) is 35.7 Å². The van der Waals surface area contributed by atoms with Crippen molar-refractivity contribution in [1.29, 1.82) is 0 Å². The highest BCUT2D eigenvalue weighted by atomic mass is 32.1. The van der Waals surface area contributed by atoms with Crippen LogP contribution in [0.25, 0.3) is 0 Å². The van der Waals surface area contributed by atoms with Gasteiger partial charge in [0.25, 0.3) is 0 Å². The highest BCUT2D eigenvalue weighted by molar-refractivity contribution is 7.13. The number of rotatable bonds is 7. The van der Waals surface area contributed by atoms with Crippen molar-refractivity contribution >= 4 is 28.1 Å². The second-order valence-electron chi connectivity index (χ2n) is 6.11. The van der Waals surface area contributed by atoms with Gasteiger partial charge >= 0.3 is 0 Å². The Morgan fingerprint density at radius 2 is 2.08 bits per heavy atom. The molecule has 1 aromatic carbocycles. The van der Waals surface area contributed by atoms with Crippen molar-refractivity contribution in [2.45, 2.75) is 26.2 Å². The molecule has 1 fully saturated rings. The zero-order valence-electron chi connectivity index (χ0n) is 15.0. The molecule has 1 aliphatic rings. The number of hydrogen-bond donors (Lipinski definition) is 1. The van der Waals surface area contributed by atoms with Crippen LogP contribution in [-0.4, -0.2) is 42.9 Å². The standard InChI is InChI=1S/C19H24N4O2S/c1-2-6-17(15-7-4-3-5-8-15)21-22-18(24)13-16-14-26-19(20-16)23-9-11-25-12-10-23/h3-5,7-8,14H,2,6,9-13H2,1H3,(H,22,24)/b21-17-. The molecular formula is C19H24N4O2S. The zero-order valence-corrected chi connectivity index (χ0v) is 15.8. The second-order valence-corrected chi connectivity index (χ2v) is 6.94. The van der Waals surface area contributed by atoms with E-state index in [1.54, 1.807) is 11.3 Å². The average Bonchev–Trinajstić information content (AvgIpc) is 3.15. The maximum Gasteiger partial charge on any atom is 0.246 e. The summed E-state index contributed by atoms with van der Waals surface area (Å²) in [5.41, 5.74) is 5.40. The number of nitrogens with zero attached hydrogens (tertiary/aromatic N) is 3. The Bertz CT molecular complexity index is 739. The third-order valence-corrected chi connectivity index (χ3v) is 5.02. The SMILES string of the molecule is CCC/C(=N/NC(=O)Cc1csc(N2CCOCC2)n1)c1ccccc1. The average molecular weight is 372 g/mol. The largest absolute Gasteiger partial charge is 0.378 e. The fraction of sp³-hybridized carbons (Fsp3) is 0.421. The fourth-order valence-electron chi connectivity index (χ4n) is 2.74. The van der Waals surface area contributed by atoms with Gasteiger partial charge in [-0.2, -0.15) is 5.10 Å². The monoisotopic (exact) mass is 372 g/mol. The molecular weight excluding hydrogens is 348 g/mol. The van der Waals surface area contributed by atoms with Crippen LogP contribution in [0.3, 0.4) is 0 Å². The number of aromatic nitrogens is 1. The number of carbonyl (C=O) groups excluding carboxylic acids is 1. The van der Waals surface area contributed by atoms with Gasteiger partial charge in [0.1, 0.15) is 0 Å². The van der Waals surface area contributed by atoms with Crippen molar-refractivity contribution in [3.63, 3.8) is 0 Å². The molecule has 138 valence electrons. The maximum atomic E-state index is 12.3. The van der Waals surface area contributed by atoms with E-state index in [1.165, 1.54) is 0 Å². The van der Waals surface area contributed by atoms with Crippen molar-refractivity contribution < 1.29 is 9.53 Å². The first-order valence-corrected chi connectivity index (χ1v) is 9.82.